The minimum Gasteiger partial charge on any atom is -0.507 e. The first-order chi connectivity index (χ1) is 20.2. The number of ketones is 2. The Balaban J connectivity index is 1.45. The van der Waals surface area contributed by atoms with Crippen molar-refractivity contribution in [2.24, 2.45) is 17.8 Å². The molecule has 1 fully saturated rings. The highest BCUT2D eigenvalue weighted by Crippen LogP contribution is 2.56. The van der Waals surface area contributed by atoms with Crippen molar-refractivity contribution in [2.75, 3.05) is 12.1 Å². The number of hydrogen-bond acceptors (Lipinski definition) is 7. The second kappa shape index (κ2) is 9.90. The van der Waals surface area contributed by atoms with Crippen LogP contribution in [0.2, 0.25) is 5.02 Å². The third-order valence-electron chi connectivity index (χ3n) is 8.85. The van der Waals surface area contributed by atoms with Gasteiger partial charge in [-0.2, -0.15) is 18.2 Å². The summed E-state index contributed by atoms with van der Waals surface area (Å²) < 4.78 is 40.2. The van der Waals surface area contributed by atoms with Crippen molar-refractivity contribution in [3.63, 3.8) is 0 Å². The second-order valence-corrected chi connectivity index (χ2v) is 11.7. The molecule has 2 amide bonds. The van der Waals surface area contributed by atoms with E-state index in [1.54, 1.807) is 38.1 Å². The summed E-state index contributed by atoms with van der Waals surface area (Å²) >= 11 is 6.18. The zero-order valence-electron chi connectivity index (χ0n) is 23.2. The number of phenolic OH excluding ortho intramolecular Hbond substituents is 1. The van der Waals surface area contributed by atoms with Crippen LogP contribution in [0.5, 0.6) is 5.75 Å². The maximum Gasteiger partial charge on any atom is 0.433 e. The summed E-state index contributed by atoms with van der Waals surface area (Å²) in [5.41, 5.74) is 1.09. The van der Waals surface area contributed by atoms with Crippen LogP contribution in [0, 0.1) is 24.7 Å². The van der Waals surface area contributed by atoms with Crippen molar-refractivity contribution in [3.05, 3.63) is 86.6 Å². The Kier molecular flexibility index (Phi) is 6.64. The van der Waals surface area contributed by atoms with E-state index in [1.807, 2.05) is 0 Å². The van der Waals surface area contributed by atoms with Gasteiger partial charge in [-0.05, 0) is 56.4 Å². The molecule has 222 valence electrons. The van der Waals surface area contributed by atoms with E-state index in [9.17, 15) is 37.5 Å². The van der Waals surface area contributed by atoms with Crippen LogP contribution in [0.4, 0.5) is 19.0 Å². The van der Waals surface area contributed by atoms with Crippen molar-refractivity contribution < 1.29 is 37.5 Å². The number of pyridine rings is 1. The molecule has 4 aliphatic rings. The molecule has 1 N–H and O–H groups in total. The van der Waals surface area contributed by atoms with Crippen LogP contribution in [0.25, 0.3) is 0 Å². The van der Waals surface area contributed by atoms with E-state index in [1.165, 1.54) is 13.1 Å². The average molecular weight is 612 g/mol. The predicted molar refractivity (Wildman–Crippen MR) is 149 cm³/mol. The van der Waals surface area contributed by atoms with E-state index in [-0.39, 0.29) is 51.9 Å². The van der Waals surface area contributed by atoms with Gasteiger partial charge in [0.2, 0.25) is 0 Å². The van der Waals surface area contributed by atoms with Crippen molar-refractivity contribution >= 4 is 40.8 Å². The highest BCUT2D eigenvalue weighted by molar-refractivity contribution is 6.33. The number of benzene rings is 1. The Morgan fingerprint density at radius 3 is 2.47 bits per heavy atom. The van der Waals surface area contributed by atoms with Gasteiger partial charge in [-0.1, -0.05) is 41.4 Å². The van der Waals surface area contributed by atoms with Gasteiger partial charge in [0.15, 0.2) is 17.4 Å². The lowest BCUT2D eigenvalue weighted by Crippen LogP contribution is -2.46. The average Bonchev–Trinajstić information content (AvgIpc) is 3.21. The number of hydrazine groups is 1. The first kappa shape index (κ1) is 28.9. The molecule has 2 heterocycles. The number of halogens is 4. The molecule has 1 aliphatic heterocycles. The van der Waals surface area contributed by atoms with Gasteiger partial charge < -0.3 is 5.11 Å². The van der Waals surface area contributed by atoms with Gasteiger partial charge in [-0.15, -0.1) is 0 Å². The number of amides is 2. The fourth-order valence-corrected chi connectivity index (χ4v) is 7.05. The summed E-state index contributed by atoms with van der Waals surface area (Å²) in [5, 5.41) is 12.6. The monoisotopic (exact) mass is 611 g/mol. The molecule has 8 nitrogen and oxygen atoms in total. The fourth-order valence-electron chi connectivity index (χ4n) is 6.82. The number of hydrogen-bond donors (Lipinski definition) is 1. The molecule has 0 saturated carbocycles. The van der Waals surface area contributed by atoms with Crippen LogP contribution < -0.4 is 5.01 Å². The SMILES string of the molecule is CC1=CC(=O)C2=C(C1=O)C(c1cccc(C)c1O)C1=CCC3C(=O)N(N(C)c4nc(C(F)(F)F)ccc4Cl)C(=O)C3C1C2. The highest BCUT2D eigenvalue weighted by atomic mass is 35.5. The summed E-state index contributed by atoms with van der Waals surface area (Å²) in [7, 11) is 1.24. The van der Waals surface area contributed by atoms with Crippen LogP contribution in [-0.2, 0) is 25.4 Å². The summed E-state index contributed by atoms with van der Waals surface area (Å²) in [6.45, 7) is 3.26. The first-order valence-electron chi connectivity index (χ1n) is 13.6. The Morgan fingerprint density at radius 1 is 1.05 bits per heavy atom. The summed E-state index contributed by atoms with van der Waals surface area (Å²) in [4.78, 5) is 58.1. The van der Waals surface area contributed by atoms with E-state index in [0.717, 1.165) is 16.1 Å². The predicted octanol–water partition coefficient (Wildman–Crippen LogP) is 5.25. The zero-order chi connectivity index (χ0) is 31.1. The van der Waals surface area contributed by atoms with E-state index in [2.05, 4.69) is 4.98 Å². The maximum absolute atomic E-state index is 14.0. The molecule has 12 heteroatoms. The quantitative estimate of drug-likeness (QED) is 0.287. The number of alkyl halides is 3. The van der Waals surface area contributed by atoms with Gasteiger partial charge in [0, 0.05) is 35.2 Å². The normalized spacial score (nSPS) is 25.3. The molecule has 1 aromatic heterocycles. The van der Waals surface area contributed by atoms with Crippen LogP contribution >= 0.6 is 11.6 Å². The number of nitrogens with zero attached hydrogens (tertiary/aromatic N) is 3. The number of imide groups is 1. The number of Topliss-reactive ketones (excluding diaryl/α,β-unsaturated/α-hetero) is 1. The third kappa shape index (κ3) is 4.31. The number of aromatic hydroxyl groups is 1. The van der Waals surface area contributed by atoms with Crippen molar-refractivity contribution in [3.8, 4) is 5.75 Å². The number of rotatable bonds is 3. The second-order valence-electron chi connectivity index (χ2n) is 11.3. The van der Waals surface area contributed by atoms with Crippen LogP contribution in [-0.4, -0.2) is 45.5 Å². The van der Waals surface area contributed by atoms with Crippen LogP contribution in [0.1, 0.15) is 42.5 Å². The smallest absolute Gasteiger partial charge is 0.433 e. The number of fused-ring (bicyclic) bond motifs is 3. The zero-order valence-corrected chi connectivity index (χ0v) is 24.0. The molecular weight excluding hydrogens is 587 g/mol. The standard InChI is InChI=1S/C31H25ClF3N3O5/c1-13-5-4-6-16(26(13)40)23-15-7-8-17-24(18(15)12-19-21(39)11-14(2)27(41)25(19)23)30(43)38(29(17)42)37(3)28-20(32)9-10-22(36-28)31(33,34)35/h4-7,9-11,17-18,23-24,40H,8,12H2,1-3H3. The molecule has 0 bridgehead atoms. The number of allylic oxidation sites excluding steroid dienone is 6. The number of anilines is 1. The number of carbonyl (C=O) groups excluding carboxylic acids is 4. The molecule has 2 aromatic rings. The molecular formula is C31H25ClF3N3O5. The lowest BCUT2D eigenvalue weighted by atomic mass is 9.59. The lowest BCUT2D eigenvalue weighted by Gasteiger charge is -2.42. The molecule has 0 spiro atoms. The van der Waals surface area contributed by atoms with E-state index in [0.29, 0.717) is 22.8 Å². The number of phenols is 1. The minimum absolute atomic E-state index is 0.0128. The molecule has 6 rings (SSSR count). The summed E-state index contributed by atoms with van der Waals surface area (Å²) in [6, 6.07) is 6.80. The Hall–Kier alpha value is -4.25. The molecule has 43 heavy (non-hydrogen) atoms. The van der Waals surface area contributed by atoms with E-state index < -0.39 is 53.2 Å². The summed E-state index contributed by atoms with van der Waals surface area (Å²) in [6.07, 6.45) is -1.62. The Bertz CT molecular complexity index is 1740. The van der Waals surface area contributed by atoms with Crippen LogP contribution in [0.15, 0.2) is 64.8 Å². The number of para-hydroxylation sites is 1. The van der Waals surface area contributed by atoms with Crippen molar-refractivity contribution in [1.29, 1.82) is 0 Å². The maximum atomic E-state index is 14.0. The molecule has 0 radical (unpaired) electrons. The molecule has 1 aromatic carbocycles. The van der Waals surface area contributed by atoms with Gasteiger partial charge in [0.05, 0.1) is 16.9 Å². The Morgan fingerprint density at radius 2 is 1.77 bits per heavy atom. The van der Waals surface area contributed by atoms with Crippen LogP contribution in [0.3, 0.4) is 0 Å². The molecule has 3 aliphatic carbocycles. The van der Waals surface area contributed by atoms with Gasteiger partial charge in [-0.3, -0.25) is 24.2 Å². The number of carbonyl (C=O) groups is 4. The van der Waals surface area contributed by atoms with Gasteiger partial charge in [-0.25, -0.2) is 4.98 Å². The fraction of sp³-hybridized carbons (Fsp3) is 0.323. The minimum atomic E-state index is -4.79. The third-order valence-corrected chi connectivity index (χ3v) is 9.14. The first-order valence-corrected chi connectivity index (χ1v) is 13.9. The van der Waals surface area contributed by atoms with Gasteiger partial charge in [0.25, 0.3) is 11.8 Å². The van der Waals surface area contributed by atoms with E-state index >= 15 is 0 Å². The highest BCUT2D eigenvalue weighted by Gasteiger charge is 2.58. The van der Waals surface area contributed by atoms with Crippen molar-refractivity contribution in [2.45, 2.75) is 38.8 Å². The molecule has 4 atom stereocenters. The number of aryl methyl sites for hydroxylation is 1. The summed E-state index contributed by atoms with van der Waals surface area (Å²) in [5.74, 6) is -5.86. The molecule has 4 unspecified atom stereocenters. The van der Waals surface area contributed by atoms with Gasteiger partial charge >= 0.3 is 6.18 Å². The van der Waals surface area contributed by atoms with E-state index in [4.69, 9.17) is 11.6 Å². The largest absolute Gasteiger partial charge is 0.507 e. The topological polar surface area (TPSA) is 108 Å². The number of aromatic nitrogens is 1. The van der Waals surface area contributed by atoms with Gasteiger partial charge in [0.1, 0.15) is 11.4 Å². The lowest BCUT2D eigenvalue weighted by molar-refractivity contribution is -0.141. The van der Waals surface area contributed by atoms with Crippen molar-refractivity contribution in [1.82, 2.24) is 9.99 Å². The molecule has 1 saturated heterocycles. The Labute approximate surface area is 249 Å².